The number of nitrogens with one attached hydrogen (secondary N) is 1. The fourth-order valence-corrected chi connectivity index (χ4v) is 2.94. The molecule has 4 heteroatoms. The molecule has 1 N–H and O–H groups in total. The van der Waals surface area contributed by atoms with Gasteiger partial charge in [0.1, 0.15) is 0 Å². The Morgan fingerprint density at radius 2 is 1.75 bits per heavy atom. The third kappa shape index (κ3) is 3.32. The molecule has 0 aliphatic heterocycles. The van der Waals surface area contributed by atoms with Gasteiger partial charge in [0.2, 0.25) is 0 Å². The van der Waals surface area contributed by atoms with Crippen LogP contribution in [0.1, 0.15) is 5.56 Å². The standard InChI is InChI=1S/C16H13BrN2S/c17-14-8-6-12(7-9-14)11-20-16-18-10-15(19-16)13-4-2-1-3-5-13/h1-10H,11H2,(H,18,19). The van der Waals surface area contributed by atoms with Crippen molar-refractivity contribution in [1.82, 2.24) is 9.97 Å². The van der Waals surface area contributed by atoms with Gasteiger partial charge in [-0.05, 0) is 23.3 Å². The molecule has 0 saturated heterocycles. The highest BCUT2D eigenvalue weighted by molar-refractivity contribution is 9.10. The molecule has 1 heterocycles. The largest absolute Gasteiger partial charge is 0.333 e. The van der Waals surface area contributed by atoms with Gasteiger partial charge in [0.15, 0.2) is 5.16 Å². The molecule has 100 valence electrons. The Hall–Kier alpha value is -1.52. The van der Waals surface area contributed by atoms with E-state index in [1.807, 2.05) is 24.4 Å². The summed E-state index contributed by atoms with van der Waals surface area (Å²) in [7, 11) is 0. The lowest BCUT2D eigenvalue weighted by atomic mass is 10.2. The zero-order valence-corrected chi connectivity index (χ0v) is 13.1. The van der Waals surface area contributed by atoms with Crippen LogP contribution in [0.4, 0.5) is 0 Å². The summed E-state index contributed by atoms with van der Waals surface area (Å²) in [6.45, 7) is 0. The second-order valence-corrected chi connectivity index (χ2v) is 6.26. The van der Waals surface area contributed by atoms with Crippen molar-refractivity contribution in [2.24, 2.45) is 0 Å². The zero-order chi connectivity index (χ0) is 13.8. The third-order valence-corrected chi connectivity index (χ3v) is 4.41. The minimum atomic E-state index is 0.912. The summed E-state index contributed by atoms with van der Waals surface area (Å²) >= 11 is 5.16. The first kappa shape index (κ1) is 13.5. The summed E-state index contributed by atoms with van der Waals surface area (Å²) < 4.78 is 1.11. The number of hydrogen-bond acceptors (Lipinski definition) is 2. The molecule has 20 heavy (non-hydrogen) atoms. The van der Waals surface area contributed by atoms with Gasteiger partial charge in [-0.15, -0.1) is 0 Å². The number of hydrogen-bond donors (Lipinski definition) is 1. The number of rotatable bonds is 4. The molecular weight excluding hydrogens is 332 g/mol. The molecule has 0 bridgehead atoms. The van der Waals surface area contributed by atoms with Gasteiger partial charge < -0.3 is 4.98 Å². The van der Waals surface area contributed by atoms with E-state index in [0.717, 1.165) is 26.6 Å². The maximum absolute atomic E-state index is 4.42. The highest BCUT2D eigenvalue weighted by atomic mass is 79.9. The van der Waals surface area contributed by atoms with Crippen molar-refractivity contribution in [1.29, 1.82) is 0 Å². The van der Waals surface area contributed by atoms with Crippen molar-refractivity contribution in [3.05, 3.63) is 70.8 Å². The van der Waals surface area contributed by atoms with Crippen molar-refractivity contribution in [2.45, 2.75) is 10.9 Å². The van der Waals surface area contributed by atoms with E-state index in [1.54, 1.807) is 11.8 Å². The minimum Gasteiger partial charge on any atom is -0.333 e. The summed E-state index contributed by atoms with van der Waals surface area (Å²) in [5, 5.41) is 0.951. The number of H-pyrrole nitrogens is 1. The third-order valence-electron chi connectivity index (χ3n) is 2.93. The van der Waals surface area contributed by atoms with Gasteiger partial charge in [-0.25, -0.2) is 4.98 Å². The molecule has 2 nitrogen and oxygen atoms in total. The van der Waals surface area contributed by atoms with Gasteiger partial charge in [-0.1, -0.05) is 70.2 Å². The Labute approximate surface area is 130 Å². The maximum Gasteiger partial charge on any atom is 0.166 e. The quantitative estimate of drug-likeness (QED) is 0.664. The molecule has 0 amide bonds. The van der Waals surface area contributed by atoms with E-state index in [0.29, 0.717) is 0 Å². The number of nitrogens with zero attached hydrogens (tertiary/aromatic N) is 1. The monoisotopic (exact) mass is 344 g/mol. The van der Waals surface area contributed by atoms with Crippen LogP contribution in [-0.4, -0.2) is 9.97 Å². The summed E-state index contributed by atoms with van der Waals surface area (Å²) in [5.74, 6) is 0.912. The predicted octanol–water partition coefficient (Wildman–Crippen LogP) is 5.13. The van der Waals surface area contributed by atoms with Crippen LogP contribution in [0.2, 0.25) is 0 Å². The number of aromatic amines is 1. The van der Waals surface area contributed by atoms with Crippen LogP contribution >= 0.6 is 27.7 Å². The van der Waals surface area contributed by atoms with Gasteiger partial charge >= 0.3 is 0 Å². The molecule has 3 aromatic rings. The smallest absolute Gasteiger partial charge is 0.166 e. The minimum absolute atomic E-state index is 0.912. The molecule has 0 fully saturated rings. The first-order valence-corrected chi connectivity index (χ1v) is 8.07. The van der Waals surface area contributed by atoms with Crippen molar-refractivity contribution < 1.29 is 0 Å². The Balaban J connectivity index is 1.67. The van der Waals surface area contributed by atoms with E-state index in [2.05, 4.69) is 62.3 Å². The van der Waals surface area contributed by atoms with E-state index in [1.165, 1.54) is 5.56 Å². The lowest BCUT2D eigenvalue weighted by Crippen LogP contribution is -1.82. The van der Waals surface area contributed by atoms with Gasteiger partial charge in [0.05, 0.1) is 11.9 Å². The Kier molecular flexibility index (Phi) is 4.23. The lowest BCUT2D eigenvalue weighted by Gasteiger charge is -2.00. The number of aromatic nitrogens is 2. The van der Waals surface area contributed by atoms with Gasteiger partial charge in [0, 0.05) is 10.2 Å². The second-order valence-electron chi connectivity index (χ2n) is 4.38. The number of thioether (sulfide) groups is 1. The molecule has 0 saturated carbocycles. The van der Waals surface area contributed by atoms with Crippen molar-refractivity contribution in [3.8, 4) is 11.3 Å². The maximum atomic E-state index is 4.42. The SMILES string of the molecule is Brc1ccc(CSc2ncc(-c3ccccc3)[nH]2)cc1. The highest BCUT2D eigenvalue weighted by Crippen LogP contribution is 2.24. The number of halogens is 1. The fourth-order valence-electron chi connectivity index (χ4n) is 1.87. The summed E-state index contributed by atoms with van der Waals surface area (Å²) in [6.07, 6.45) is 1.89. The average molecular weight is 345 g/mol. The van der Waals surface area contributed by atoms with Crippen LogP contribution in [-0.2, 0) is 5.75 Å². The Morgan fingerprint density at radius 3 is 2.50 bits per heavy atom. The fraction of sp³-hybridized carbons (Fsp3) is 0.0625. The van der Waals surface area contributed by atoms with Crippen LogP contribution in [0.15, 0.2) is 70.4 Å². The number of imidazole rings is 1. The summed E-state index contributed by atoms with van der Waals surface area (Å²) in [5.41, 5.74) is 3.51. The van der Waals surface area contributed by atoms with Crippen LogP contribution in [0.5, 0.6) is 0 Å². The van der Waals surface area contributed by atoms with Crippen LogP contribution < -0.4 is 0 Å². The second kappa shape index (κ2) is 6.29. The van der Waals surface area contributed by atoms with Crippen LogP contribution in [0, 0.1) is 0 Å². The van der Waals surface area contributed by atoms with Crippen molar-refractivity contribution in [2.75, 3.05) is 0 Å². The van der Waals surface area contributed by atoms with Gasteiger partial charge in [-0.2, -0.15) is 0 Å². The van der Waals surface area contributed by atoms with Crippen molar-refractivity contribution in [3.63, 3.8) is 0 Å². The Bertz CT molecular complexity index is 677. The molecule has 0 aliphatic rings. The first-order chi connectivity index (χ1) is 9.81. The van der Waals surface area contributed by atoms with Gasteiger partial charge in [0.25, 0.3) is 0 Å². The summed E-state index contributed by atoms with van der Waals surface area (Å²) in [6, 6.07) is 18.6. The predicted molar refractivity (Wildman–Crippen MR) is 87.7 cm³/mol. The average Bonchev–Trinajstić information content (AvgIpc) is 2.97. The topological polar surface area (TPSA) is 28.7 Å². The van der Waals surface area contributed by atoms with Crippen molar-refractivity contribution >= 4 is 27.7 Å². The molecule has 3 rings (SSSR count). The molecule has 0 unspecified atom stereocenters. The lowest BCUT2D eigenvalue weighted by molar-refractivity contribution is 1.06. The molecular formula is C16H13BrN2S. The van der Waals surface area contributed by atoms with Crippen LogP contribution in [0.3, 0.4) is 0 Å². The first-order valence-electron chi connectivity index (χ1n) is 6.29. The number of benzene rings is 2. The van der Waals surface area contributed by atoms with E-state index < -0.39 is 0 Å². The molecule has 1 aromatic heterocycles. The normalized spacial score (nSPS) is 10.7. The Morgan fingerprint density at radius 1 is 1.00 bits per heavy atom. The zero-order valence-electron chi connectivity index (χ0n) is 10.7. The van der Waals surface area contributed by atoms with E-state index >= 15 is 0 Å². The molecule has 0 radical (unpaired) electrons. The highest BCUT2D eigenvalue weighted by Gasteiger charge is 2.03. The molecule has 0 aliphatic carbocycles. The molecule has 2 aromatic carbocycles. The van der Waals surface area contributed by atoms with E-state index in [4.69, 9.17) is 0 Å². The molecule has 0 spiro atoms. The summed E-state index contributed by atoms with van der Waals surface area (Å²) in [4.78, 5) is 7.78. The van der Waals surface area contributed by atoms with Crippen LogP contribution in [0.25, 0.3) is 11.3 Å². The van der Waals surface area contributed by atoms with E-state index in [9.17, 15) is 0 Å². The molecule has 0 atom stereocenters. The van der Waals surface area contributed by atoms with E-state index in [-0.39, 0.29) is 0 Å². The van der Waals surface area contributed by atoms with Gasteiger partial charge in [-0.3, -0.25) is 0 Å².